The van der Waals surface area contributed by atoms with Gasteiger partial charge in [0.2, 0.25) is 5.95 Å². The summed E-state index contributed by atoms with van der Waals surface area (Å²) >= 11 is 3.49. The van der Waals surface area contributed by atoms with E-state index in [9.17, 15) is 9.32 Å². The summed E-state index contributed by atoms with van der Waals surface area (Å²) in [7, 11) is -1.08. The van der Waals surface area contributed by atoms with Crippen molar-refractivity contribution < 1.29 is 9.32 Å². The summed E-state index contributed by atoms with van der Waals surface area (Å²) in [5, 5.41) is 13.0. The van der Waals surface area contributed by atoms with Crippen molar-refractivity contribution in [2.24, 2.45) is 0 Å². The number of benzene rings is 1. The highest BCUT2D eigenvalue weighted by atomic mass is 79.9. The van der Waals surface area contributed by atoms with Crippen molar-refractivity contribution in [2.45, 2.75) is 37.1 Å². The van der Waals surface area contributed by atoms with Gasteiger partial charge in [-0.15, -0.1) is 0 Å². The molecule has 0 spiro atoms. The number of aromatic nitrogens is 2. The van der Waals surface area contributed by atoms with Crippen LogP contribution in [0.25, 0.3) is 0 Å². The SMILES string of the molecule is CCC[C@H](CO)Nc1nc(N2CCN(c3ccc(Br)cc3)CC2)nc2c1S(=O)CC2. The van der Waals surface area contributed by atoms with Gasteiger partial charge in [-0.1, -0.05) is 29.3 Å². The van der Waals surface area contributed by atoms with Crippen LogP contribution in [0.15, 0.2) is 33.6 Å². The smallest absolute Gasteiger partial charge is 0.227 e. The summed E-state index contributed by atoms with van der Waals surface area (Å²) in [6.45, 7) is 5.56. The number of fused-ring (bicyclic) bond motifs is 1. The first-order chi connectivity index (χ1) is 14.6. The zero-order valence-electron chi connectivity index (χ0n) is 17.2. The van der Waals surface area contributed by atoms with Gasteiger partial charge in [-0.05, 0) is 30.7 Å². The van der Waals surface area contributed by atoms with Gasteiger partial charge in [0.25, 0.3) is 0 Å². The zero-order valence-corrected chi connectivity index (χ0v) is 19.6. The minimum absolute atomic E-state index is 0.0282. The fraction of sp³-hybridized carbons (Fsp3) is 0.524. The van der Waals surface area contributed by atoms with Crippen LogP contribution in [0, 0.1) is 0 Å². The van der Waals surface area contributed by atoms with E-state index in [0.29, 0.717) is 23.9 Å². The van der Waals surface area contributed by atoms with Gasteiger partial charge < -0.3 is 20.2 Å². The maximum atomic E-state index is 12.5. The van der Waals surface area contributed by atoms with Gasteiger partial charge in [-0.2, -0.15) is 4.98 Å². The number of nitrogens with one attached hydrogen (secondary N) is 1. The minimum atomic E-state index is -1.08. The van der Waals surface area contributed by atoms with Crippen molar-refractivity contribution in [3.8, 4) is 0 Å². The van der Waals surface area contributed by atoms with Gasteiger partial charge in [-0.25, -0.2) is 4.98 Å². The molecule has 0 amide bonds. The van der Waals surface area contributed by atoms with Crippen LogP contribution in [-0.4, -0.2) is 63.9 Å². The second-order valence-electron chi connectivity index (χ2n) is 7.71. The standard InChI is InChI=1S/C21H28BrN5O2S/c1-2-3-16(14-28)23-20-19-18(8-13-30(19)29)24-21(25-20)27-11-9-26(10-12-27)17-6-4-15(22)5-7-17/h4-7,16,28H,2-3,8-14H2,1H3,(H,23,24,25)/t16-,30?/m1/s1. The molecule has 2 aliphatic rings. The lowest BCUT2D eigenvalue weighted by Crippen LogP contribution is -2.47. The zero-order chi connectivity index (χ0) is 21.1. The molecule has 2 atom stereocenters. The molecule has 30 heavy (non-hydrogen) atoms. The Bertz CT molecular complexity index is 903. The van der Waals surface area contributed by atoms with E-state index in [1.54, 1.807) is 0 Å². The number of hydrogen-bond acceptors (Lipinski definition) is 7. The molecular formula is C21H28BrN5O2S. The third kappa shape index (κ3) is 4.63. The number of rotatable bonds is 7. The highest BCUT2D eigenvalue weighted by Crippen LogP contribution is 2.31. The Morgan fingerprint density at radius 1 is 1.17 bits per heavy atom. The number of aliphatic hydroxyl groups is 1. The molecule has 4 rings (SSSR count). The highest BCUT2D eigenvalue weighted by molar-refractivity contribution is 9.10. The third-order valence-corrected chi connectivity index (χ3v) is 7.62. The lowest BCUT2D eigenvalue weighted by atomic mass is 10.2. The Balaban J connectivity index is 1.52. The monoisotopic (exact) mass is 493 g/mol. The van der Waals surface area contributed by atoms with Crippen LogP contribution in [0.3, 0.4) is 0 Å². The Morgan fingerprint density at radius 3 is 2.53 bits per heavy atom. The predicted octanol–water partition coefficient (Wildman–Crippen LogP) is 2.80. The molecule has 0 bridgehead atoms. The minimum Gasteiger partial charge on any atom is -0.394 e. The van der Waals surface area contributed by atoms with Crippen LogP contribution < -0.4 is 15.1 Å². The number of hydrogen-bond donors (Lipinski definition) is 2. The van der Waals surface area contributed by atoms with Crippen molar-refractivity contribution in [1.82, 2.24) is 9.97 Å². The van der Waals surface area contributed by atoms with Crippen LogP contribution in [-0.2, 0) is 17.2 Å². The number of nitrogens with zero attached hydrogens (tertiary/aromatic N) is 4. The van der Waals surface area contributed by atoms with Crippen LogP contribution in [0.5, 0.6) is 0 Å². The average molecular weight is 494 g/mol. The van der Waals surface area contributed by atoms with E-state index in [0.717, 1.165) is 54.1 Å². The van der Waals surface area contributed by atoms with Gasteiger partial charge in [0, 0.05) is 48.5 Å². The largest absolute Gasteiger partial charge is 0.394 e. The first-order valence-electron chi connectivity index (χ1n) is 10.5. The number of aryl methyl sites for hydroxylation is 1. The number of anilines is 3. The maximum Gasteiger partial charge on any atom is 0.227 e. The van der Waals surface area contributed by atoms with Crippen molar-refractivity contribution in [1.29, 1.82) is 0 Å². The summed E-state index contributed by atoms with van der Waals surface area (Å²) in [6.07, 6.45) is 2.51. The first-order valence-corrected chi connectivity index (χ1v) is 12.6. The second kappa shape index (κ2) is 9.62. The topological polar surface area (TPSA) is 81.6 Å². The van der Waals surface area contributed by atoms with Gasteiger partial charge in [0.05, 0.1) is 29.1 Å². The molecular weight excluding hydrogens is 466 g/mol. The molecule has 1 aromatic heterocycles. The average Bonchev–Trinajstić information content (AvgIpc) is 3.15. The summed E-state index contributed by atoms with van der Waals surface area (Å²) in [4.78, 5) is 14.8. The van der Waals surface area contributed by atoms with E-state index in [1.165, 1.54) is 5.69 Å². The first kappa shape index (κ1) is 21.5. The lowest BCUT2D eigenvalue weighted by Gasteiger charge is -2.36. The van der Waals surface area contributed by atoms with E-state index in [-0.39, 0.29) is 12.6 Å². The molecule has 0 aliphatic carbocycles. The second-order valence-corrected chi connectivity index (χ2v) is 10.1. The van der Waals surface area contributed by atoms with E-state index in [1.807, 2.05) is 0 Å². The van der Waals surface area contributed by atoms with Gasteiger partial charge in [0.15, 0.2) is 0 Å². The molecule has 1 aromatic carbocycles. The molecule has 2 aliphatic heterocycles. The molecule has 3 heterocycles. The quantitative estimate of drug-likeness (QED) is 0.613. The Kier molecular flexibility index (Phi) is 6.90. The van der Waals surface area contributed by atoms with Crippen LogP contribution in [0.4, 0.5) is 17.5 Å². The number of halogens is 1. The van der Waals surface area contributed by atoms with Crippen molar-refractivity contribution in [2.75, 3.05) is 53.7 Å². The van der Waals surface area contributed by atoms with Gasteiger partial charge >= 0.3 is 0 Å². The Labute approximate surface area is 188 Å². The molecule has 9 heteroatoms. The van der Waals surface area contributed by atoms with Gasteiger partial charge in [-0.3, -0.25) is 4.21 Å². The van der Waals surface area contributed by atoms with E-state index < -0.39 is 10.8 Å². The molecule has 1 saturated heterocycles. The Morgan fingerprint density at radius 2 is 1.87 bits per heavy atom. The molecule has 1 unspecified atom stereocenters. The summed E-state index contributed by atoms with van der Waals surface area (Å²) < 4.78 is 13.6. The summed E-state index contributed by atoms with van der Waals surface area (Å²) in [5.74, 6) is 1.92. The fourth-order valence-corrected chi connectivity index (χ4v) is 5.57. The van der Waals surface area contributed by atoms with Crippen molar-refractivity contribution >= 4 is 44.2 Å². The van der Waals surface area contributed by atoms with E-state index in [2.05, 4.69) is 62.2 Å². The van der Waals surface area contributed by atoms with E-state index in [4.69, 9.17) is 9.97 Å². The molecule has 0 radical (unpaired) electrons. The number of aliphatic hydroxyl groups excluding tert-OH is 1. The summed E-state index contributed by atoms with van der Waals surface area (Å²) in [6, 6.07) is 8.31. The van der Waals surface area contributed by atoms with Crippen LogP contribution in [0.2, 0.25) is 0 Å². The predicted molar refractivity (Wildman–Crippen MR) is 125 cm³/mol. The molecule has 2 N–H and O–H groups in total. The maximum absolute atomic E-state index is 12.5. The normalized spacial score (nSPS) is 19.6. The van der Waals surface area contributed by atoms with E-state index >= 15 is 0 Å². The molecule has 7 nitrogen and oxygen atoms in total. The van der Waals surface area contributed by atoms with Crippen molar-refractivity contribution in [3.63, 3.8) is 0 Å². The number of piperazine rings is 1. The molecule has 2 aromatic rings. The van der Waals surface area contributed by atoms with Crippen LogP contribution in [0.1, 0.15) is 25.5 Å². The summed E-state index contributed by atoms with van der Waals surface area (Å²) in [5.41, 5.74) is 2.10. The van der Waals surface area contributed by atoms with Gasteiger partial charge in [0.1, 0.15) is 10.7 Å². The lowest BCUT2D eigenvalue weighted by molar-refractivity contribution is 0.268. The van der Waals surface area contributed by atoms with Crippen LogP contribution >= 0.6 is 15.9 Å². The van der Waals surface area contributed by atoms with Crippen molar-refractivity contribution in [3.05, 3.63) is 34.4 Å². The molecule has 1 fully saturated rings. The molecule has 0 saturated carbocycles. The Hall–Kier alpha value is -1.71. The fourth-order valence-electron chi connectivity index (χ4n) is 3.99. The highest BCUT2D eigenvalue weighted by Gasteiger charge is 2.29. The molecule has 162 valence electrons. The third-order valence-electron chi connectivity index (χ3n) is 5.63.